The second-order valence-electron chi connectivity index (χ2n) is 7.44. The molecule has 2 aromatic rings. The topological polar surface area (TPSA) is 125 Å². The molecule has 0 fully saturated rings. The number of rotatable bonds is 5. The van der Waals surface area contributed by atoms with Crippen molar-refractivity contribution < 1.29 is 28.7 Å². The van der Waals surface area contributed by atoms with Crippen LogP contribution in [0.4, 0.5) is 14.9 Å². The van der Waals surface area contributed by atoms with Crippen LogP contribution in [-0.4, -0.2) is 34.4 Å². The Kier molecular flexibility index (Phi) is 5.43. The summed E-state index contributed by atoms with van der Waals surface area (Å²) in [7, 11) is 0. The van der Waals surface area contributed by atoms with E-state index >= 15 is 0 Å². The monoisotopic (exact) mass is 404 g/mol. The van der Waals surface area contributed by atoms with Gasteiger partial charge in [-0.05, 0) is 37.6 Å². The van der Waals surface area contributed by atoms with Gasteiger partial charge in [-0.2, -0.15) is 0 Å². The Morgan fingerprint density at radius 1 is 1.34 bits per heavy atom. The van der Waals surface area contributed by atoms with Gasteiger partial charge in [0, 0.05) is 23.5 Å². The number of hydrogen-bond donors (Lipinski definition) is 2. The molecule has 0 aromatic heterocycles. The van der Waals surface area contributed by atoms with Crippen molar-refractivity contribution in [2.45, 2.75) is 37.4 Å². The Morgan fingerprint density at radius 3 is 2.59 bits per heavy atom. The van der Waals surface area contributed by atoms with Gasteiger partial charge in [0.25, 0.3) is 5.69 Å². The summed E-state index contributed by atoms with van der Waals surface area (Å²) in [6, 6.07) is 9.72. The number of ether oxygens (including phenoxy) is 2. The molecule has 1 aliphatic rings. The van der Waals surface area contributed by atoms with Gasteiger partial charge in [0.05, 0.1) is 11.0 Å². The van der Waals surface area contributed by atoms with E-state index in [1.807, 2.05) is 0 Å². The molecule has 0 radical (unpaired) electrons. The van der Waals surface area contributed by atoms with Crippen LogP contribution in [0.1, 0.15) is 36.8 Å². The maximum atomic E-state index is 13.4. The number of halogens is 1. The summed E-state index contributed by atoms with van der Waals surface area (Å²) in [5, 5.41) is 22.2. The first-order valence-electron chi connectivity index (χ1n) is 8.93. The molecule has 3 atom stereocenters. The Bertz CT molecular complexity index is 931. The maximum absolute atomic E-state index is 13.4. The standard InChI is InChI=1S/C20H21FN2O6/c1-20(2)18(24)17(14-8-7-13(23(26)27)9-16(14)29-20)15(10-28-19(22)25)11-3-5-12(21)6-4-11/h3-9,15,17-18,24H,10H2,1-2H3,(H2,22,25)/t15?,17-,18?/m1/s1. The zero-order chi connectivity index (χ0) is 21.3. The van der Waals surface area contributed by atoms with Gasteiger partial charge in [-0.3, -0.25) is 10.1 Å². The van der Waals surface area contributed by atoms with E-state index in [9.17, 15) is 24.4 Å². The van der Waals surface area contributed by atoms with Gasteiger partial charge in [0.1, 0.15) is 29.9 Å². The number of aliphatic hydroxyl groups excluding tert-OH is 1. The largest absolute Gasteiger partial charge is 0.485 e. The second kappa shape index (κ2) is 7.67. The number of non-ortho nitro benzene ring substituents is 1. The summed E-state index contributed by atoms with van der Waals surface area (Å²) in [6.45, 7) is 3.14. The molecule has 1 heterocycles. The first kappa shape index (κ1) is 20.5. The highest BCUT2D eigenvalue weighted by molar-refractivity contribution is 5.64. The number of primary amides is 1. The summed E-state index contributed by atoms with van der Waals surface area (Å²) < 4.78 is 24.3. The molecule has 0 spiro atoms. The minimum Gasteiger partial charge on any atom is -0.485 e. The molecule has 2 aromatic carbocycles. The predicted molar refractivity (Wildman–Crippen MR) is 101 cm³/mol. The number of nitro benzene ring substituents is 1. The third-order valence-corrected chi connectivity index (χ3v) is 5.13. The molecule has 3 rings (SSSR count). The Balaban J connectivity index is 2.13. The lowest BCUT2D eigenvalue weighted by molar-refractivity contribution is -0.385. The number of benzene rings is 2. The summed E-state index contributed by atoms with van der Waals surface area (Å²) in [5.74, 6) is -1.43. The van der Waals surface area contributed by atoms with Crippen molar-refractivity contribution >= 4 is 11.8 Å². The number of nitro groups is 1. The summed E-state index contributed by atoms with van der Waals surface area (Å²) >= 11 is 0. The van der Waals surface area contributed by atoms with E-state index in [2.05, 4.69) is 0 Å². The zero-order valence-electron chi connectivity index (χ0n) is 15.9. The van der Waals surface area contributed by atoms with Gasteiger partial charge in [-0.15, -0.1) is 0 Å². The van der Waals surface area contributed by atoms with Crippen LogP contribution in [0.3, 0.4) is 0 Å². The highest BCUT2D eigenvalue weighted by Crippen LogP contribution is 2.48. The Morgan fingerprint density at radius 2 is 2.00 bits per heavy atom. The van der Waals surface area contributed by atoms with Crippen molar-refractivity contribution in [1.29, 1.82) is 0 Å². The van der Waals surface area contributed by atoms with Crippen molar-refractivity contribution in [1.82, 2.24) is 0 Å². The number of hydrogen-bond acceptors (Lipinski definition) is 6. The molecule has 0 saturated heterocycles. The van der Waals surface area contributed by atoms with Gasteiger partial charge in [-0.1, -0.05) is 12.1 Å². The van der Waals surface area contributed by atoms with E-state index in [1.54, 1.807) is 13.8 Å². The zero-order valence-corrected chi connectivity index (χ0v) is 15.9. The molecule has 154 valence electrons. The van der Waals surface area contributed by atoms with Crippen molar-refractivity contribution in [2.24, 2.45) is 5.73 Å². The van der Waals surface area contributed by atoms with E-state index in [4.69, 9.17) is 15.2 Å². The van der Waals surface area contributed by atoms with Crippen LogP contribution in [0, 0.1) is 15.9 Å². The van der Waals surface area contributed by atoms with Crippen LogP contribution in [0.2, 0.25) is 0 Å². The fraction of sp³-hybridized carbons (Fsp3) is 0.350. The molecule has 0 saturated carbocycles. The Labute approximate surface area is 166 Å². The molecule has 9 heteroatoms. The quantitative estimate of drug-likeness (QED) is 0.582. The van der Waals surface area contributed by atoms with Crippen molar-refractivity contribution in [3.05, 3.63) is 69.5 Å². The lowest BCUT2D eigenvalue weighted by Crippen LogP contribution is -2.50. The molecule has 2 unspecified atom stereocenters. The van der Waals surface area contributed by atoms with Gasteiger partial charge in [0.15, 0.2) is 0 Å². The first-order valence-corrected chi connectivity index (χ1v) is 8.93. The first-order chi connectivity index (χ1) is 13.6. The number of fused-ring (bicyclic) bond motifs is 1. The SMILES string of the molecule is CC1(C)Oc2cc([N+](=O)[O-])ccc2[C@H](C(COC(N)=O)c2ccc(F)cc2)C1O. The van der Waals surface area contributed by atoms with Gasteiger partial charge < -0.3 is 20.3 Å². The molecular weight excluding hydrogens is 383 g/mol. The summed E-state index contributed by atoms with van der Waals surface area (Å²) in [6.07, 6.45) is -2.04. The minimum absolute atomic E-state index is 0.151. The highest BCUT2D eigenvalue weighted by Gasteiger charge is 2.47. The van der Waals surface area contributed by atoms with Gasteiger partial charge in [-0.25, -0.2) is 9.18 Å². The molecule has 1 amide bonds. The highest BCUT2D eigenvalue weighted by atomic mass is 19.1. The molecule has 0 bridgehead atoms. The fourth-order valence-electron chi connectivity index (χ4n) is 3.67. The van der Waals surface area contributed by atoms with E-state index in [1.165, 1.54) is 42.5 Å². The molecule has 29 heavy (non-hydrogen) atoms. The number of aliphatic hydroxyl groups is 1. The number of carbonyl (C=O) groups excluding carboxylic acids is 1. The molecule has 3 N–H and O–H groups in total. The lowest BCUT2D eigenvalue weighted by atomic mass is 9.72. The van der Waals surface area contributed by atoms with Crippen molar-refractivity contribution in [3.8, 4) is 5.75 Å². The van der Waals surface area contributed by atoms with E-state index in [0.29, 0.717) is 11.1 Å². The molecule has 1 aliphatic heterocycles. The van der Waals surface area contributed by atoms with Crippen LogP contribution >= 0.6 is 0 Å². The number of nitrogens with two attached hydrogens (primary N) is 1. The van der Waals surface area contributed by atoms with E-state index in [-0.39, 0.29) is 18.0 Å². The Hall–Kier alpha value is -3.20. The van der Waals surface area contributed by atoms with Crippen LogP contribution in [0.15, 0.2) is 42.5 Å². The second-order valence-corrected chi connectivity index (χ2v) is 7.44. The third kappa shape index (κ3) is 4.14. The number of carbonyl (C=O) groups is 1. The smallest absolute Gasteiger partial charge is 0.404 e. The van der Waals surface area contributed by atoms with E-state index < -0.39 is 40.4 Å². The molecule has 0 aliphatic carbocycles. The van der Waals surface area contributed by atoms with Crippen LogP contribution in [0.5, 0.6) is 5.75 Å². The third-order valence-electron chi connectivity index (χ3n) is 5.13. The minimum atomic E-state index is -1.09. The normalized spacial score (nSPS) is 20.8. The summed E-state index contributed by atoms with van der Waals surface area (Å²) in [5.41, 5.74) is 5.02. The fourth-order valence-corrected chi connectivity index (χ4v) is 3.67. The maximum Gasteiger partial charge on any atom is 0.404 e. The van der Waals surface area contributed by atoms with Gasteiger partial charge >= 0.3 is 6.09 Å². The van der Waals surface area contributed by atoms with E-state index in [0.717, 1.165) is 0 Å². The average molecular weight is 404 g/mol. The predicted octanol–water partition coefficient (Wildman–Crippen LogP) is 3.23. The molecular formula is C20H21FN2O6. The lowest BCUT2D eigenvalue weighted by Gasteiger charge is -2.44. The summed E-state index contributed by atoms with van der Waals surface area (Å²) in [4.78, 5) is 21.8. The average Bonchev–Trinajstić information content (AvgIpc) is 2.64. The van der Waals surface area contributed by atoms with Gasteiger partial charge in [0.2, 0.25) is 0 Å². The van der Waals surface area contributed by atoms with Crippen LogP contribution in [0.25, 0.3) is 0 Å². The number of amides is 1. The van der Waals surface area contributed by atoms with Crippen LogP contribution < -0.4 is 10.5 Å². The molecule has 8 nitrogen and oxygen atoms in total. The van der Waals surface area contributed by atoms with Crippen LogP contribution in [-0.2, 0) is 4.74 Å². The van der Waals surface area contributed by atoms with Crippen molar-refractivity contribution in [3.63, 3.8) is 0 Å². The number of nitrogens with zero attached hydrogens (tertiary/aromatic N) is 1. The van der Waals surface area contributed by atoms with Crippen molar-refractivity contribution in [2.75, 3.05) is 6.61 Å².